The van der Waals surface area contributed by atoms with Crippen LogP contribution in [0.15, 0.2) is 4.52 Å². The number of aromatic nitrogens is 1. The summed E-state index contributed by atoms with van der Waals surface area (Å²) in [5, 5.41) is 3.77. The fraction of sp³-hybridized carbons (Fsp3) is 0.571. The monoisotopic (exact) mass is 156 g/mol. The fourth-order valence-corrected chi connectivity index (χ4v) is 0.815. The number of ether oxygens (including phenoxy) is 1. The Morgan fingerprint density at radius 2 is 2.36 bits per heavy atom. The Bertz CT molecular complexity index is 232. The van der Waals surface area contributed by atoms with E-state index in [1.807, 2.05) is 6.92 Å². The highest BCUT2D eigenvalue weighted by Crippen LogP contribution is 2.14. The maximum atomic E-state index is 5.44. The van der Waals surface area contributed by atoms with Crippen LogP contribution in [-0.2, 0) is 11.2 Å². The van der Waals surface area contributed by atoms with E-state index in [4.69, 9.17) is 15.0 Å². The summed E-state index contributed by atoms with van der Waals surface area (Å²) in [4.78, 5) is 0. The summed E-state index contributed by atoms with van der Waals surface area (Å²) in [6.45, 7) is 2.53. The third-order valence-corrected chi connectivity index (χ3v) is 1.60. The van der Waals surface area contributed by atoms with Crippen LogP contribution in [-0.4, -0.2) is 18.9 Å². The summed E-state index contributed by atoms with van der Waals surface area (Å²) in [6.07, 6.45) is 0.753. The normalized spacial score (nSPS) is 10.4. The van der Waals surface area contributed by atoms with E-state index < -0.39 is 0 Å². The smallest absolute Gasteiger partial charge is 0.225 e. The van der Waals surface area contributed by atoms with Crippen LogP contribution in [0.3, 0.4) is 0 Å². The van der Waals surface area contributed by atoms with Crippen LogP contribution in [0.5, 0.6) is 0 Å². The van der Waals surface area contributed by atoms with E-state index in [0.717, 1.165) is 17.7 Å². The highest BCUT2D eigenvalue weighted by Gasteiger charge is 2.07. The van der Waals surface area contributed by atoms with E-state index in [-0.39, 0.29) is 0 Å². The molecule has 0 saturated carbocycles. The van der Waals surface area contributed by atoms with Crippen LogP contribution in [0.1, 0.15) is 11.3 Å². The number of rotatable bonds is 3. The van der Waals surface area contributed by atoms with Crippen LogP contribution in [0.2, 0.25) is 0 Å². The first-order chi connectivity index (χ1) is 5.25. The number of nitrogens with two attached hydrogens (primary N) is 1. The van der Waals surface area contributed by atoms with Gasteiger partial charge in [0.05, 0.1) is 12.3 Å². The van der Waals surface area contributed by atoms with E-state index in [1.165, 1.54) is 0 Å². The molecule has 0 aliphatic rings. The van der Waals surface area contributed by atoms with Crippen molar-refractivity contribution in [2.45, 2.75) is 13.3 Å². The first-order valence-corrected chi connectivity index (χ1v) is 3.45. The van der Waals surface area contributed by atoms with Crippen molar-refractivity contribution in [1.29, 1.82) is 0 Å². The summed E-state index contributed by atoms with van der Waals surface area (Å²) in [5.74, 6) is 0.399. The molecule has 0 atom stereocenters. The quantitative estimate of drug-likeness (QED) is 0.701. The van der Waals surface area contributed by atoms with E-state index >= 15 is 0 Å². The third kappa shape index (κ3) is 1.71. The maximum absolute atomic E-state index is 5.44. The van der Waals surface area contributed by atoms with Crippen molar-refractivity contribution in [2.24, 2.45) is 0 Å². The Morgan fingerprint density at radius 1 is 1.64 bits per heavy atom. The molecule has 0 aliphatic heterocycles. The van der Waals surface area contributed by atoms with E-state index in [1.54, 1.807) is 7.11 Å². The topological polar surface area (TPSA) is 61.3 Å². The molecule has 1 heterocycles. The number of anilines is 1. The second kappa shape index (κ2) is 3.39. The van der Waals surface area contributed by atoms with Gasteiger partial charge in [0.15, 0.2) is 0 Å². The third-order valence-electron chi connectivity index (χ3n) is 1.60. The molecule has 2 N–H and O–H groups in total. The molecule has 1 aromatic rings. The molecule has 0 bridgehead atoms. The van der Waals surface area contributed by atoms with Gasteiger partial charge in [-0.2, -0.15) is 0 Å². The van der Waals surface area contributed by atoms with Gasteiger partial charge in [-0.05, 0) is 6.92 Å². The summed E-state index contributed by atoms with van der Waals surface area (Å²) in [7, 11) is 1.65. The van der Waals surface area contributed by atoms with E-state index in [0.29, 0.717) is 12.5 Å². The van der Waals surface area contributed by atoms with Crippen LogP contribution >= 0.6 is 0 Å². The zero-order valence-electron chi connectivity index (χ0n) is 6.76. The number of nitrogens with zero attached hydrogens (tertiary/aromatic N) is 1. The minimum absolute atomic E-state index is 0.399. The highest BCUT2D eigenvalue weighted by atomic mass is 16.5. The molecule has 0 unspecified atom stereocenters. The van der Waals surface area contributed by atoms with Gasteiger partial charge in [0.1, 0.15) is 0 Å². The summed E-state index contributed by atoms with van der Waals surface area (Å²) >= 11 is 0. The predicted octanol–water partition coefficient (Wildman–Crippen LogP) is 0.754. The van der Waals surface area contributed by atoms with Gasteiger partial charge in [-0.1, -0.05) is 5.16 Å². The van der Waals surface area contributed by atoms with E-state index in [9.17, 15) is 0 Å². The van der Waals surface area contributed by atoms with Crippen LogP contribution in [0.4, 0.5) is 5.88 Å². The average molecular weight is 156 g/mol. The summed E-state index contributed by atoms with van der Waals surface area (Å²) < 4.78 is 9.65. The van der Waals surface area contributed by atoms with Crippen LogP contribution in [0, 0.1) is 6.92 Å². The van der Waals surface area contributed by atoms with Crippen molar-refractivity contribution in [1.82, 2.24) is 5.16 Å². The van der Waals surface area contributed by atoms with E-state index in [2.05, 4.69) is 5.16 Å². The second-order valence-corrected chi connectivity index (χ2v) is 2.36. The van der Waals surface area contributed by atoms with Crippen molar-refractivity contribution >= 4 is 5.88 Å². The average Bonchev–Trinajstić information content (AvgIpc) is 2.31. The van der Waals surface area contributed by atoms with Gasteiger partial charge < -0.3 is 15.0 Å². The molecular weight excluding hydrogens is 144 g/mol. The molecule has 4 heteroatoms. The largest absolute Gasteiger partial charge is 0.384 e. The lowest BCUT2D eigenvalue weighted by Gasteiger charge is -1.94. The second-order valence-electron chi connectivity index (χ2n) is 2.36. The zero-order valence-corrected chi connectivity index (χ0v) is 6.76. The molecule has 0 radical (unpaired) electrons. The summed E-state index contributed by atoms with van der Waals surface area (Å²) in [5.41, 5.74) is 7.24. The Kier molecular flexibility index (Phi) is 2.48. The minimum Gasteiger partial charge on any atom is -0.384 e. The maximum Gasteiger partial charge on any atom is 0.225 e. The molecule has 1 aromatic heterocycles. The Labute approximate surface area is 65.3 Å². The van der Waals surface area contributed by atoms with Crippen molar-refractivity contribution in [3.8, 4) is 0 Å². The van der Waals surface area contributed by atoms with Gasteiger partial charge >= 0.3 is 0 Å². The SMILES string of the molecule is COCCc1noc(N)c1C. The number of hydrogen-bond donors (Lipinski definition) is 1. The highest BCUT2D eigenvalue weighted by molar-refractivity contribution is 5.37. The zero-order chi connectivity index (χ0) is 8.27. The molecule has 0 aliphatic carbocycles. The van der Waals surface area contributed by atoms with Crippen molar-refractivity contribution in [3.05, 3.63) is 11.3 Å². The Hall–Kier alpha value is -1.03. The molecule has 0 fully saturated rings. The minimum atomic E-state index is 0.399. The number of methoxy groups -OCH3 is 1. The molecule has 1 rings (SSSR count). The van der Waals surface area contributed by atoms with Crippen LogP contribution in [0.25, 0.3) is 0 Å². The molecule has 11 heavy (non-hydrogen) atoms. The standard InChI is InChI=1S/C7H12N2O2/c1-5-6(3-4-10-2)9-11-7(5)8/h3-4,8H2,1-2H3. The van der Waals surface area contributed by atoms with Gasteiger partial charge in [-0.25, -0.2) is 0 Å². The fourth-order valence-electron chi connectivity index (χ4n) is 0.815. The van der Waals surface area contributed by atoms with Crippen LogP contribution < -0.4 is 5.73 Å². The lowest BCUT2D eigenvalue weighted by molar-refractivity contribution is 0.200. The molecular formula is C7H12N2O2. The Morgan fingerprint density at radius 3 is 2.82 bits per heavy atom. The molecule has 0 amide bonds. The molecule has 0 spiro atoms. The van der Waals surface area contributed by atoms with Gasteiger partial charge in [0.2, 0.25) is 5.88 Å². The number of hydrogen-bond acceptors (Lipinski definition) is 4. The molecule has 4 nitrogen and oxygen atoms in total. The van der Waals surface area contributed by atoms with Gasteiger partial charge in [-0.15, -0.1) is 0 Å². The first-order valence-electron chi connectivity index (χ1n) is 3.45. The predicted molar refractivity (Wildman–Crippen MR) is 41.2 cm³/mol. The van der Waals surface area contributed by atoms with Crippen molar-refractivity contribution < 1.29 is 9.26 Å². The van der Waals surface area contributed by atoms with Gasteiger partial charge in [0, 0.05) is 19.1 Å². The lowest BCUT2D eigenvalue weighted by atomic mass is 10.2. The molecule has 0 saturated heterocycles. The molecule has 0 aromatic carbocycles. The number of nitrogen functional groups attached to an aromatic ring is 1. The Balaban J connectivity index is 2.63. The van der Waals surface area contributed by atoms with Crippen molar-refractivity contribution in [3.63, 3.8) is 0 Å². The van der Waals surface area contributed by atoms with Gasteiger partial charge in [-0.3, -0.25) is 0 Å². The lowest BCUT2D eigenvalue weighted by Crippen LogP contribution is -1.96. The molecule has 62 valence electrons. The first kappa shape index (κ1) is 8.07. The summed E-state index contributed by atoms with van der Waals surface area (Å²) in [6, 6.07) is 0. The van der Waals surface area contributed by atoms with Gasteiger partial charge in [0.25, 0.3) is 0 Å². The van der Waals surface area contributed by atoms with Crippen molar-refractivity contribution in [2.75, 3.05) is 19.5 Å².